The summed E-state index contributed by atoms with van der Waals surface area (Å²) in [6, 6.07) is 8.49. The van der Waals surface area contributed by atoms with E-state index in [-0.39, 0.29) is 10.9 Å². The molecule has 22 heavy (non-hydrogen) atoms. The predicted octanol–water partition coefficient (Wildman–Crippen LogP) is 1.30. The molecule has 1 fully saturated rings. The van der Waals surface area contributed by atoms with E-state index in [1.54, 1.807) is 24.3 Å². The fourth-order valence-corrected chi connectivity index (χ4v) is 3.86. The van der Waals surface area contributed by atoms with Gasteiger partial charge in [-0.2, -0.15) is 9.57 Å². The Kier molecular flexibility index (Phi) is 5.40. The van der Waals surface area contributed by atoms with Gasteiger partial charge in [0, 0.05) is 26.2 Å². The van der Waals surface area contributed by atoms with Gasteiger partial charge in [0.05, 0.1) is 23.6 Å². The minimum absolute atomic E-state index is 0.185. The van der Waals surface area contributed by atoms with E-state index in [0.29, 0.717) is 38.5 Å². The van der Waals surface area contributed by atoms with Crippen LogP contribution in [-0.4, -0.2) is 56.5 Å². The molecule has 1 atom stereocenters. The molecule has 0 bridgehead atoms. The lowest BCUT2D eigenvalue weighted by molar-refractivity contribution is 0.169. The summed E-state index contributed by atoms with van der Waals surface area (Å²) in [5.74, 6) is 0.661. The molecule has 0 saturated carbocycles. The van der Waals surface area contributed by atoms with Gasteiger partial charge in [0.1, 0.15) is 5.75 Å². The number of sulfonamides is 1. The maximum absolute atomic E-state index is 12.6. The van der Waals surface area contributed by atoms with Gasteiger partial charge in [-0.1, -0.05) is 0 Å². The van der Waals surface area contributed by atoms with Crippen molar-refractivity contribution < 1.29 is 13.2 Å². The van der Waals surface area contributed by atoms with Crippen LogP contribution in [0.2, 0.25) is 0 Å². The number of benzene rings is 1. The van der Waals surface area contributed by atoms with Crippen LogP contribution in [0.25, 0.3) is 0 Å². The second-order valence-corrected chi connectivity index (χ2v) is 7.09. The third-order valence-electron chi connectivity index (χ3n) is 3.78. The van der Waals surface area contributed by atoms with E-state index in [1.807, 2.05) is 18.7 Å². The first-order chi connectivity index (χ1) is 10.5. The third-order valence-corrected chi connectivity index (χ3v) is 5.69. The van der Waals surface area contributed by atoms with Gasteiger partial charge in [0.15, 0.2) is 0 Å². The number of piperazine rings is 1. The quantitative estimate of drug-likeness (QED) is 0.817. The van der Waals surface area contributed by atoms with Gasteiger partial charge in [0.2, 0.25) is 10.0 Å². The van der Waals surface area contributed by atoms with Crippen LogP contribution in [0.3, 0.4) is 0 Å². The van der Waals surface area contributed by atoms with Crippen LogP contribution in [0, 0.1) is 11.3 Å². The lowest BCUT2D eigenvalue weighted by Crippen LogP contribution is -2.50. The van der Waals surface area contributed by atoms with E-state index in [0.717, 1.165) is 0 Å². The molecule has 0 aliphatic carbocycles. The second-order valence-electron chi connectivity index (χ2n) is 5.15. The fraction of sp³-hybridized carbons (Fsp3) is 0.533. The number of hydrogen-bond donors (Lipinski definition) is 0. The van der Waals surface area contributed by atoms with Crippen LogP contribution in [-0.2, 0) is 10.0 Å². The SMILES string of the molecule is CCOc1ccc(S(=O)(=O)N2CCN([C@H](C)C#N)CC2)cc1. The molecular formula is C15H21N3O3S. The summed E-state index contributed by atoms with van der Waals surface area (Å²) in [7, 11) is -3.48. The van der Waals surface area contributed by atoms with Gasteiger partial charge >= 0.3 is 0 Å². The Balaban J connectivity index is 2.07. The van der Waals surface area contributed by atoms with Crippen LogP contribution >= 0.6 is 0 Å². The van der Waals surface area contributed by atoms with E-state index < -0.39 is 10.0 Å². The summed E-state index contributed by atoms with van der Waals surface area (Å²) in [5, 5.41) is 8.93. The van der Waals surface area contributed by atoms with Crippen molar-refractivity contribution in [3.63, 3.8) is 0 Å². The Morgan fingerprint density at radius 2 is 1.82 bits per heavy atom. The van der Waals surface area contributed by atoms with Crippen molar-refractivity contribution >= 4 is 10.0 Å². The monoisotopic (exact) mass is 323 g/mol. The largest absolute Gasteiger partial charge is 0.494 e. The fourth-order valence-electron chi connectivity index (χ4n) is 2.44. The van der Waals surface area contributed by atoms with Crippen LogP contribution in [0.1, 0.15) is 13.8 Å². The molecule has 1 aromatic rings. The highest BCUT2D eigenvalue weighted by molar-refractivity contribution is 7.89. The van der Waals surface area contributed by atoms with Gasteiger partial charge in [0.25, 0.3) is 0 Å². The maximum atomic E-state index is 12.6. The van der Waals surface area contributed by atoms with Gasteiger partial charge in [-0.3, -0.25) is 4.90 Å². The number of nitrogens with zero attached hydrogens (tertiary/aromatic N) is 3. The third kappa shape index (κ3) is 3.58. The Morgan fingerprint density at radius 3 is 2.32 bits per heavy atom. The first-order valence-electron chi connectivity index (χ1n) is 7.35. The zero-order valence-corrected chi connectivity index (χ0v) is 13.7. The average Bonchev–Trinajstić information content (AvgIpc) is 2.55. The Hall–Kier alpha value is -1.62. The van der Waals surface area contributed by atoms with Crippen molar-refractivity contribution in [3.05, 3.63) is 24.3 Å². The highest BCUT2D eigenvalue weighted by atomic mass is 32.2. The molecule has 1 heterocycles. The van der Waals surface area contributed by atoms with Crippen molar-refractivity contribution in [1.82, 2.24) is 9.21 Å². The molecule has 1 aliphatic heterocycles. The standard InChI is InChI=1S/C15H21N3O3S/c1-3-21-14-4-6-15(7-5-14)22(19,20)18-10-8-17(9-11-18)13(2)12-16/h4-7,13H,3,8-11H2,1-2H3/t13-/m1/s1. The van der Waals surface area contributed by atoms with E-state index in [2.05, 4.69) is 6.07 Å². The van der Waals surface area contributed by atoms with E-state index in [1.165, 1.54) is 4.31 Å². The molecule has 0 unspecified atom stereocenters. The van der Waals surface area contributed by atoms with E-state index in [4.69, 9.17) is 10.00 Å². The van der Waals surface area contributed by atoms with Gasteiger partial charge < -0.3 is 4.74 Å². The van der Waals surface area contributed by atoms with Crippen molar-refractivity contribution in [1.29, 1.82) is 5.26 Å². The zero-order valence-electron chi connectivity index (χ0n) is 12.9. The smallest absolute Gasteiger partial charge is 0.243 e. The first-order valence-corrected chi connectivity index (χ1v) is 8.79. The first kappa shape index (κ1) is 16.7. The molecule has 2 rings (SSSR count). The number of hydrogen-bond acceptors (Lipinski definition) is 5. The molecule has 6 nitrogen and oxygen atoms in total. The second kappa shape index (κ2) is 7.09. The van der Waals surface area contributed by atoms with Gasteiger partial charge in [-0.25, -0.2) is 8.42 Å². The topological polar surface area (TPSA) is 73.6 Å². The number of ether oxygens (including phenoxy) is 1. The molecule has 7 heteroatoms. The highest BCUT2D eigenvalue weighted by Gasteiger charge is 2.29. The average molecular weight is 323 g/mol. The summed E-state index contributed by atoms with van der Waals surface area (Å²) >= 11 is 0. The predicted molar refractivity (Wildman–Crippen MR) is 83.0 cm³/mol. The number of nitriles is 1. The molecule has 0 spiro atoms. The highest BCUT2D eigenvalue weighted by Crippen LogP contribution is 2.21. The summed E-state index contributed by atoms with van der Waals surface area (Å²) in [4.78, 5) is 2.27. The van der Waals surface area contributed by atoms with Crippen molar-refractivity contribution in [2.45, 2.75) is 24.8 Å². The molecule has 120 valence electrons. The summed E-state index contributed by atoms with van der Waals surface area (Å²) in [6.45, 7) is 6.22. The van der Waals surface area contributed by atoms with Crippen LogP contribution < -0.4 is 4.74 Å². The molecule has 1 saturated heterocycles. The molecular weight excluding hydrogens is 302 g/mol. The molecule has 0 N–H and O–H groups in total. The number of rotatable bonds is 5. The van der Waals surface area contributed by atoms with Crippen LogP contribution in [0.5, 0.6) is 5.75 Å². The Labute approximate surface area is 131 Å². The van der Waals surface area contributed by atoms with Gasteiger partial charge in [-0.15, -0.1) is 0 Å². The molecule has 1 aliphatic rings. The van der Waals surface area contributed by atoms with Crippen LogP contribution in [0.4, 0.5) is 0 Å². The van der Waals surface area contributed by atoms with Gasteiger partial charge in [-0.05, 0) is 38.1 Å². The Morgan fingerprint density at radius 1 is 1.23 bits per heavy atom. The lowest BCUT2D eigenvalue weighted by Gasteiger charge is -2.35. The Bertz CT molecular complexity index is 629. The summed E-state index contributed by atoms with van der Waals surface area (Å²) < 4.78 is 32.0. The molecule has 0 aromatic heterocycles. The molecule has 0 radical (unpaired) electrons. The molecule has 0 amide bonds. The summed E-state index contributed by atoms with van der Waals surface area (Å²) in [6.07, 6.45) is 0. The maximum Gasteiger partial charge on any atom is 0.243 e. The van der Waals surface area contributed by atoms with E-state index >= 15 is 0 Å². The van der Waals surface area contributed by atoms with E-state index in [9.17, 15) is 8.42 Å². The minimum atomic E-state index is -3.48. The molecule has 1 aromatic carbocycles. The van der Waals surface area contributed by atoms with Crippen molar-refractivity contribution in [3.8, 4) is 11.8 Å². The normalized spacial score (nSPS) is 18.6. The van der Waals surface area contributed by atoms with Crippen molar-refractivity contribution in [2.24, 2.45) is 0 Å². The van der Waals surface area contributed by atoms with Crippen LogP contribution in [0.15, 0.2) is 29.2 Å². The minimum Gasteiger partial charge on any atom is -0.494 e. The zero-order chi connectivity index (χ0) is 16.2. The van der Waals surface area contributed by atoms with Crippen molar-refractivity contribution in [2.75, 3.05) is 32.8 Å². The summed E-state index contributed by atoms with van der Waals surface area (Å²) in [5.41, 5.74) is 0. The lowest BCUT2D eigenvalue weighted by atomic mass is 10.2.